The molecule has 2 atom stereocenters. The molecule has 2 aliphatic heterocycles. The van der Waals surface area contributed by atoms with Crippen LogP contribution in [-0.2, 0) is 9.47 Å². The van der Waals surface area contributed by atoms with Crippen LogP contribution in [0.2, 0.25) is 0 Å². The molecule has 3 heteroatoms. The van der Waals surface area contributed by atoms with Crippen molar-refractivity contribution in [2.75, 3.05) is 26.9 Å². The van der Waals surface area contributed by atoms with Gasteiger partial charge in [0.15, 0.2) is 0 Å². The summed E-state index contributed by atoms with van der Waals surface area (Å²) in [6.45, 7) is 2.83. The number of piperidine rings is 1. The van der Waals surface area contributed by atoms with Gasteiger partial charge in [0.05, 0.1) is 18.2 Å². The highest BCUT2D eigenvalue weighted by Gasteiger charge is 2.41. The summed E-state index contributed by atoms with van der Waals surface area (Å²) in [6, 6.07) is 0. The highest BCUT2D eigenvalue weighted by molar-refractivity contribution is 4.98. The van der Waals surface area contributed by atoms with Crippen molar-refractivity contribution >= 4 is 0 Å². The van der Waals surface area contributed by atoms with E-state index in [9.17, 15) is 0 Å². The van der Waals surface area contributed by atoms with Crippen molar-refractivity contribution in [3.05, 3.63) is 0 Å². The number of nitrogens with one attached hydrogen (secondary N) is 1. The van der Waals surface area contributed by atoms with E-state index in [1.54, 1.807) is 7.11 Å². The third-order valence-corrected chi connectivity index (χ3v) is 3.72. The second-order valence-corrected chi connectivity index (χ2v) is 4.83. The number of ether oxygens (including phenoxy) is 2. The average Bonchev–Trinajstić information content (AvgIpc) is 2.32. The highest BCUT2D eigenvalue weighted by atomic mass is 16.5. The fourth-order valence-corrected chi connectivity index (χ4v) is 2.92. The van der Waals surface area contributed by atoms with Crippen molar-refractivity contribution in [2.45, 2.75) is 50.2 Å². The lowest BCUT2D eigenvalue weighted by molar-refractivity contribution is -0.0776. The molecule has 2 aliphatic rings. The van der Waals surface area contributed by atoms with E-state index in [1.807, 2.05) is 0 Å². The standard InChI is InChI=1S/C12H23NO2/c1-14-10-12(7-3-4-8-13-12)11-6-2-5-9-15-11/h11,13H,2-10H2,1H3. The molecule has 0 aromatic carbocycles. The molecule has 0 saturated carbocycles. The molecular formula is C12H23NO2. The molecule has 1 N–H and O–H groups in total. The fraction of sp³-hybridized carbons (Fsp3) is 1.00. The van der Waals surface area contributed by atoms with Crippen molar-refractivity contribution in [1.29, 1.82) is 0 Å². The third kappa shape index (κ3) is 2.52. The van der Waals surface area contributed by atoms with Crippen molar-refractivity contribution in [3.63, 3.8) is 0 Å². The Kier molecular flexibility index (Phi) is 4.00. The predicted molar refractivity (Wildman–Crippen MR) is 60.1 cm³/mol. The maximum atomic E-state index is 5.93. The second-order valence-electron chi connectivity index (χ2n) is 4.83. The fourth-order valence-electron chi connectivity index (χ4n) is 2.92. The summed E-state index contributed by atoms with van der Waals surface area (Å²) < 4.78 is 11.3. The monoisotopic (exact) mass is 213 g/mol. The molecule has 2 rings (SSSR count). The second kappa shape index (κ2) is 5.28. The molecule has 15 heavy (non-hydrogen) atoms. The van der Waals surface area contributed by atoms with Gasteiger partial charge in [-0.1, -0.05) is 6.42 Å². The molecule has 2 saturated heterocycles. The van der Waals surface area contributed by atoms with E-state index in [0.29, 0.717) is 6.10 Å². The Morgan fingerprint density at radius 3 is 2.87 bits per heavy atom. The van der Waals surface area contributed by atoms with E-state index >= 15 is 0 Å². The summed E-state index contributed by atoms with van der Waals surface area (Å²) in [7, 11) is 1.79. The molecular weight excluding hydrogens is 190 g/mol. The van der Waals surface area contributed by atoms with E-state index < -0.39 is 0 Å². The average molecular weight is 213 g/mol. The molecule has 2 unspecified atom stereocenters. The predicted octanol–water partition coefficient (Wildman–Crippen LogP) is 1.71. The van der Waals surface area contributed by atoms with Crippen LogP contribution in [-0.4, -0.2) is 38.5 Å². The van der Waals surface area contributed by atoms with Crippen LogP contribution in [0.1, 0.15) is 38.5 Å². The summed E-state index contributed by atoms with van der Waals surface area (Å²) in [5.41, 5.74) is 0.105. The molecule has 2 fully saturated rings. The molecule has 0 aromatic rings. The van der Waals surface area contributed by atoms with Gasteiger partial charge in [-0.15, -0.1) is 0 Å². The SMILES string of the molecule is COCC1(C2CCCCO2)CCCCN1. The number of hydrogen-bond acceptors (Lipinski definition) is 3. The summed E-state index contributed by atoms with van der Waals surface area (Å²) >= 11 is 0. The molecule has 0 aliphatic carbocycles. The van der Waals surface area contributed by atoms with E-state index in [1.165, 1.54) is 38.5 Å². The van der Waals surface area contributed by atoms with E-state index in [4.69, 9.17) is 9.47 Å². The van der Waals surface area contributed by atoms with Crippen LogP contribution in [0.4, 0.5) is 0 Å². The summed E-state index contributed by atoms with van der Waals surface area (Å²) in [5.74, 6) is 0. The lowest BCUT2D eigenvalue weighted by Crippen LogP contribution is -2.61. The van der Waals surface area contributed by atoms with Gasteiger partial charge >= 0.3 is 0 Å². The summed E-state index contributed by atoms with van der Waals surface area (Å²) in [5, 5.41) is 3.65. The minimum absolute atomic E-state index is 0.105. The van der Waals surface area contributed by atoms with E-state index in [-0.39, 0.29) is 5.54 Å². The first kappa shape index (κ1) is 11.4. The van der Waals surface area contributed by atoms with Crippen LogP contribution in [0.25, 0.3) is 0 Å². The molecule has 2 heterocycles. The number of rotatable bonds is 3. The largest absolute Gasteiger partial charge is 0.383 e. The van der Waals surface area contributed by atoms with Gasteiger partial charge in [-0.2, -0.15) is 0 Å². The van der Waals surface area contributed by atoms with Crippen molar-refractivity contribution in [1.82, 2.24) is 5.32 Å². The van der Waals surface area contributed by atoms with Crippen LogP contribution >= 0.6 is 0 Å². The maximum absolute atomic E-state index is 5.93. The first-order valence-electron chi connectivity index (χ1n) is 6.23. The Bertz CT molecular complexity index is 179. The van der Waals surface area contributed by atoms with Crippen LogP contribution in [0.5, 0.6) is 0 Å². The minimum Gasteiger partial charge on any atom is -0.383 e. The number of hydrogen-bond donors (Lipinski definition) is 1. The zero-order valence-electron chi connectivity index (χ0n) is 9.76. The van der Waals surface area contributed by atoms with Gasteiger partial charge in [0.25, 0.3) is 0 Å². The first-order chi connectivity index (χ1) is 7.37. The Morgan fingerprint density at radius 2 is 2.27 bits per heavy atom. The van der Waals surface area contributed by atoms with Gasteiger partial charge in [0.1, 0.15) is 0 Å². The molecule has 0 amide bonds. The molecule has 0 bridgehead atoms. The van der Waals surface area contributed by atoms with Gasteiger partial charge in [-0.05, 0) is 38.6 Å². The molecule has 0 radical (unpaired) electrons. The van der Waals surface area contributed by atoms with Gasteiger partial charge in [-0.3, -0.25) is 0 Å². The van der Waals surface area contributed by atoms with Crippen molar-refractivity contribution in [3.8, 4) is 0 Å². The molecule has 3 nitrogen and oxygen atoms in total. The van der Waals surface area contributed by atoms with Crippen molar-refractivity contribution in [2.24, 2.45) is 0 Å². The van der Waals surface area contributed by atoms with Gasteiger partial charge in [0.2, 0.25) is 0 Å². The molecule has 0 spiro atoms. The maximum Gasteiger partial charge on any atom is 0.0779 e. The van der Waals surface area contributed by atoms with Crippen molar-refractivity contribution < 1.29 is 9.47 Å². The smallest absolute Gasteiger partial charge is 0.0779 e. The van der Waals surface area contributed by atoms with Gasteiger partial charge < -0.3 is 14.8 Å². The minimum atomic E-state index is 0.105. The lowest BCUT2D eigenvalue weighted by Gasteiger charge is -2.45. The first-order valence-corrected chi connectivity index (χ1v) is 6.23. The van der Waals surface area contributed by atoms with Gasteiger partial charge in [-0.25, -0.2) is 0 Å². The Balaban J connectivity index is 2.01. The normalized spacial score (nSPS) is 37.8. The number of methoxy groups -OCH3 is 1. The molecule has 88 valence electrons. The summed E-state index contributed by atoms with van der Waals surface area (Å²) in [4.78, 5) is 0. The quantitative estimate of drug-likeness (QED) is 0.774. The third-order valence-electron chi connectivity index (χ3n) is 3.72. The Hall–Kier alpha value is -0.120. The van der Waals surface area contributed by atoms with Crippen LogP contribution in [0.15, 0.2) is 0 Å². The van der Waals surface area contributed by atoms with Crippen LogP contribution < -0.4 is 5.32 Å². The van der Waals surface area contributed by atoms with E-state index in [0.717, 1.165) is 19.8 Å². The molecule has 0 aromatic heterocycles. The Morgan fingerprint density at radius 1 is 1.33 bits per heavy atom. The highest BCUT2D eigenvalue weighted by Crippen LogP contribution is 2.30. The van der Waals surface area contributed by atoms with Gasteiger partial charge in [0, 0.05) is 13.7 Å². The van der Waals surface area contributed by atoms with Crippen LogP contribution in [0, 0.1) is 0 Å². The topological polar surface area (TPSA) is 30.5 Å². The van der Waals surface area contributed by atoms with Crippen LogP contribution in [0.3, 0.4) is 0 Å². The summed E-state index contributed by atoms with van der Waals surface area (Å²) in [6.07, 6.45) is 7.87. The zero-order valence-corrected chi connectivity index (χ0v) is 9.76. The lowest BCUT2D eigenvalue weighted by atomic mass is 9.81. The Labute approximate surface area is 92.5 Å². The zero-order chi connectivity index (χ0) is 10.6. The van der Waals surface area contributed by atoms with E-state index in [2.05, 4.69) is 5.32 Å².